The van der Waals surface area contributed by atoms with Crippen LogP contribution in [0.3, 0.4) is 0 Å². The number of nitrogens with zero attached hydrogens (tertiary/aromatic N) is 3. The molecule has 0 amide bonds. The molecule has 1 heterocycles. The zero-order valence-electron chi connectivity index (χ0n) is 13.0. The van der Waals surface area contributed by atoms with Gasteiger partial charge in [0.05, 0.1) is 12.6 Å². The topological polar surface area (TPSA) is 106 Å². The first kappa shape index (κ1) is 16.7. The molecule has 0 saturated heterocycles. The molecule has 7 heteroatoms. The lowest BCUT2D eigenvalue weighted by Gasteiger charge is -2.08. The van der Waals surface area contributed by atoms with Crippen LogP contribution < -0.4 is 15.8 Å². The Morgan fingerprint density at radius 1 is 1.30 bits per heavy atom. The van der Waals surface area contributed by atoms with E-state index in [-0.39, 0.29) is 6.61 Å². The highest BCUT2D eigenvalue weighted by Gasteiger charge is 2.01. The molecule has 2 rings (SSSR count). The second kappa shape index (κ2) is 8.70. The maximum atomic E-state index is 9.18. The Morgan fingerprint density at radius 3 is 2.65 bits per heavy atom. The zero-order valence-corrected chi connectivity index (χ0v) is 13.0. The van der Waals surface area contributed by atoms with E-state index in [1.165, 1.54) is 0 Å². The Balaban J connectivity index is 1.81. The molecule has 1 atom stereocenters. The molecule has 7 nitrogen and oxygen atoms in total. The highest BCUT2D eigenvalue weighted by molar-refractivity contribution is 5.97. The van der Waals surface area contributed by atoms with E-state index in [0.717, 1.165) is 5.56 Å². The van der Waals surface area contributed by atoms with Gasteiger partial charge in [-0.15, -0.1) is 0 Å². The summed E-state index contributed by atoms with van der Waals surface area (Å²) in [6.45, 7) is 3.05. The molecule has 0 spiro atoms. The Kier molecular flexibility index (Phi) is 6.31. The molecule has 4 N–H and O–H groups in total. The van der Waals surface area contributed by atoms with Crippen LogP contribution in [0.2, 0.25) is 0 Å². The van der Waals surface area contributed by atoms with Gasteiger partial charge in [-0.1, -0.05) is 0 Å². The number of ether oxygens (including phenoxy) is 1. The molecule has 2 aromatic rings. The fraction of sp³-hybridized carbons (Fsp3) is 0.312. The van der Waals surface area contributed by atoms with Crippen LogP contribution in [0.1, 0.15) is 12.5 Å². The van der Waals surface area contributed by atoms with E-state index in [0.29, 0.717) is 30.6 Å². The first-order chi connectivity index (χ1) is 11.1. The van der Waals surface area contributed by atoms with Crippen LogP contribution >= 0.6 is 0 Å². The molecule has 0 saturated carbocycles. The number of amidine groups is 1. The van der Waals surface area contributed by atoms with Gasteiger partial charge in [-0.2, -0.15) is 0 Å². The predicted octanol–water partition coefficient (Wildman–Crippen LogP) is 1.05. The third-order valence-corrected chi connectivity index (χ3v) is 2.88. The SMILES string of the molecule is CC(O)COc1ccc(C(N)=NCCNc2ncccn2)cc1. The minimum absolute atomic E-state index is 0.260. The van der Waals surface area contributed by atoms with Gasteiger partial charge in [0, 0.05) is 24.5 Å². The summed E-state index contributed by atoms with van der Waals surface area (Å²) >= 11 is 0. The highest BCUT2D eigenvalue weighted by Crippen LogP contribution is 2.12. The summed E-state index contributed by atoms with van der Waals surface area (Å²) in [6, 6.07) is 9.04. The summed E-state index contributed by atoms with van der Waals surface area (Å²) in [6.07, 6.45) is 2.85. The molecule has 1 unspecified atom stereocenters. The van der Waals surface area contributed by atoms with Crippen molar-refractivity contribution >= 4 is 11.8 Å². The van der Waals surface area contributed by atoms with Crippen molar-refractivity contribution in [3.05, 3.63) is 48.3 Å². The maximum Gasteiger partial charge on any atom is 0.222 e. The Hall–Kier alpha value is -2.67. The van der Waals surface area contributed by atoms with E-state index < -0.39 is 6.10 Å². The van der Waals surface area contributed by atoms with Crippen LogP contribution in [0.25, 0.3) is 0 Å². The van der Waals surface area contributed by atoms with Gasteiger partial charge in [0.2, 0.25) is 5.95 Å². The fourth-order valence-corrected chi connectivity index (χ4v) is 1.76. The zero-order chi connectivity index (χ0) is 16.5. The molecule has 1 aromatic carbocycles. The number of rotatable bonds is 8. The number of nitrogens with two attached hydrogens (primary N) is 1. The van der Waals surface area contributed by atoms with Crippen molar-refractivity contribution in [2.45, 2.75) is 13.0 Å². The van der Waals surface area contributed by atoms with Crippen LogP contribution in [0, 0.1) is 0 Å². The number of aromatic nitrogens is 2. The maximum absolute atomic E-state index is 9.18. The number of aliphatic hydroxyl groups is 1. The van der Waals surface area contributed by atoms with Crippen molar-refractivity contribution in [2.24, 2.45) is 10.7 Å². The third kappa shape index (κ3) is 5.91. The number of anilines is 1. The molecular weight excluding hydrogens is 294 g/mol. The quantitative estimate of drug-likeness (QED) is 0.382. The molecule has 0 aliphatic carbocycles. The Morgan fingerprint density at radius 2 is 2.00 bits per heavy atom. The summed E-state index contributed by atoms with van der Waals surface area (Å²) in [5.74, 6) is 1.72. The Labute approximate surface area is 135 Å². The summed E-state index contributed by atoms with van der Waals surface area (Å²) in [7, 11) is 0. The van der Waals surface area contributed by atoms with Crippen molar-refractivity contribution in [1.29, 1.82) is 0 Å². The highest BCUT2D eigenvalue weighted by atomic mass is 16.5. The van der Waals surface area contributed by atoms with E-state index in [4.69, 9.17) is 10.5 Å². The van der Waals surface area contributed by atoms with Gasteiger partial charge >= 0.3 is 0 Å². The van der Waals surface area contributed by atoms with Crippen LogP contribution in [0.15, 0.2) is 47.7 Å². The van der Waals surface area contributed by atoms with Crippen molar-refractivity contribution in [3.8, 4) is 5.75 Å². The number of aliphatic hydroxyl groups excluding tert-OH is 1. The molecule has 23 heavy (non-hydrogen) atoms. The van der Waals surface area contributed by atoms with E-state index in [1.54, 1.807) is 37.5 Å². The van der Waals surface area contributed by atoms with Crippen LogP contribution in [0.5, 0.6) is 5.75 Å². The van der Waals surface area contributed by atoms with Gasteiger partial charge in [-0.25, -0.2) is 9.97 Å². The van der Waals surface area contributed by atoms with Crippen molar-refractivity contribution in [1.82, 2.24) is 9.97 Å². The van der Waals surface area contributed by atoms with E-state index in [2.05, 4.69) is 20.3 Å². The summed E-state index contributed by atoms with van der Waals surface area (Å²) in [5, 5.41) is 12.2. The largest absolute Gasteiger partial charge is 0.491 e. The molecule has 1 aromatic heterocycles. The number of nitrogens with one attached hydrogen (secondary N) is 1. The predicted molar refractivity (Wildman–Crippen MR) is 89.7 cm³/mol. The third-order valence-electron chi connectivity index (χ3n) is 2.88. The molecule has 0 aliphatic heterocycles. The normalized spacial score (nSPS) is 12.7. The van der Waals surface area contributed by atoms with Crippen LogP contribution in [-0.2, 0) is 0 Å². The molecular formula is C16H21N5O2. The van der Waals surface area contributed by atoms with E-state index >= 15 is 0 Å². The second-order valence-corrected chi connectivity index (χ2v) is 4.95. The Bertz CT molecular complexity index is 614. The van der Waals surface area contributed by atoms with Crippen molar-refractivity contribution < 1.29 is 9.84 Å². The van der Waals surface area contributed by atoms with Gasteiger partial charge in [0.1, 0.15) is 18.2 Å². The number of aliphatic imine (C=N–C) groups is 1. The average Bonchev–Trinajstić information content (AvgIpc) is 2.58. The standard InChI is InChI=1S/C16H21N5O2/c1-12(22)11-23-14-5-3-13(4-6-14)15(17)18-9-10-21-16-19-7-2-8-20-16/h2-8,12,22H,9-11H2,1H3,(H2,17,18)(H,19,20,21). The number of hydrogen-bond donors (Lipinski definition) is 3. The second-order valence-electron chi connectivity index (χ2n) is 4.95. The van der Waals surface area contributed by atoms with E-state index in [9.17, 15) is 5.11 Å². The first-order valence-corrected chi connectivity index (χ1v) is 7.37. The molecule has 0 aliphatic rings. The van der Waals surface area contributed by atoms with Gasteiger partial charge in [-0.3, -0.25) is 4.99 Å². The van der Waals surface area contributed by atoms with Gasteiger partial charge in [0.15, 0.2) is 0 Å². The number of hydrogen-bond acceptors (Lipinski definition) is 6. The smallest absolute Gasteiger partial charge is 0.222 e. The fourth-order valence-electron chi connectivity index (χ4n) is 1.76. The van der Waals surface area contributed by atoms with Crippen LogP contribution in [-0.4, -0.2) is 46.7 Å². The van der Waals surface area contributed by atoms with Crippen LogP contribution in [0.4, 0.5) is 5.95 Å². The van der Waals surface area contributed by atoms with Gasteiger partial charge in [0.25, 0.3) is 0 Å². The van der Waals surface area contributed by atoms with Crippen molar-refractivity contribution in [2.75, 3.05) is 25.0 Å². The minimum Gasteiger partial charge on any atom is -0.491 e. The lowest BCUT2D eigenvalue weighted by Crippen LogP contribution is -2.16. The monoisotopic (exact) mass is 315 g/mol. The molecule has 122 valence electrons. The minimum atomic E-state index is -0.498. The molecule has 0 bridgehead atoms. The molecule has 0 radical (unpaired) electrons. The van der Waals surface area contributed by atoms with Gasteiger partial charge < -0.3 is 20.9 Å². The average molecular weight is 315 g/mol. The molecule has 0 fully saturated rings. The lowest BCUT2D eigenvalue weighted by molar-refractivity contribution is 0.123. The first-order valence-electron chi connectivity index (χ1n) is 7.37. The van der Waals surface area contributed by atoms with E-state index in [1.807, 2.05) is 12.1 Å². The summed E-state index contributed by atoms with van der Waals surface area (Å²) < 4.78 is 5.40. The summed E-state index contributed by atoms with van der Waals surface area (Å²) in [4.78, 5) is 12.4. The van der Waals surface area contributed by atoms with Crippen molar-refractivity contribution in [3.63, 3.8) is 0 Å². The van der Waals surface area contributed by atoms with Gasteiger partial charge in [-0.05, 0) is 37.3 Å². The summed E-state index contributed by atoms with van der Waals surface area (Å²) in [5.41, 5.74) is 6.78. The number of benzene rings is 1. The lowest BCUT2D eigenvalue weighted by atomic mass is 10.2.